The first-order chi connectivity index (χ1) is 8.65. The van der Waals surface area contributed by atoms with E-state index < -0.39 is 0 Å². The second kappa shape index (κ2) is 6.01. The molecule has 2 rings (SSSR count). The van der Waals surface area contributed by atoms with E-state index in [0.717, 1.165) is 25.1 Å². The molecule has 3 heteroatoms. The summed E-state index contributed by atoms with van der Waals surface area (Å²) in [7, 11) is 0. The van der Waals surface area contributed by atoms with Crippen LogP contribution in [0.5, 0.6) is 0 Å². The van der Waals surface area contributed by atoms with Gasteiger partial charge in [-0.05, 0) is 31.4 Å². The average molecular weight is 246 g/mol. The van der Waals surface area contributed by atoms with E-state index >= 15 is 0 Å². The summed E-state index contributed by atoms with van der Waals surface area (Å²) in [4.78, 5) is 12.0. The monoisotopic (exact) mass is 246 g/mol. The molecular formula is C15H22N2O. The Morgan fingerprint density at radius 1 is 1.50 bits per heavy atom. The van der Waals surface area contributed by atoms with Crippen molar-refractivity contribution in [2.45, 2.75) is 32.7 Å². The van der Waals surface area contributed by atoms with E-state index in [2.05, 4.69) is 36.6 Å². The van der Waals surface area contributed by atoms with Gasteiger partial charge in [-0.3, -0.25) is 4.79 Å². The second-order valence-corrected chi connectivity index (χ2v) is 5.31. The average Bonchev–Trinajstić information content (AvgIpc) is 2.32. The Morgan fingerprint density at radius 3 is 3.06 bits per heavy atom. The molecule has 2 unspecified atom stereocenters. The highest BCUT2D eigenvalue weighted by Gasteiger charge is 2.22. The zero-order valence-electron chi connectivity index (χ0n) is 11.2. The Balaban J connectivity index is 1.88. The minimum atomic E-state index is 0.126. The van der Waals surface area contributed by atoms with Gasteiger partial charge in [-0.15, -0.1) is 0 Å². The van der Waals surface area contributed by atoms with Crippen LogP contribution < -0.4 is 10.6 Å². The number of benzene rings is 1. The third-order valence-electron chi connectivity index (χ3n) is 3.62. The maximum Gasteiger partial charge on any atom is 0.224 e. The lowest BCUT2D eigenvalue weighted by Crippen LogP contribution is -2.50. The minimum absolute atomic E-state index is 0.126. The highest BCUT2D eigenvalue weighted by molar-refractivity contribution is 5.79. The van der Waals surface area contributed by atoms with Crippen LogP contribution in [0.1, 0.15) is 24.5 Å². The van der Waals surface area contributed by atoms with Gasteiger partial charge in [0.25, 0.3) is 0 Å². The first kappa shape index (κ1) is 13.1. The van der Waals surface area contributed by atoms with Gasteiger partial charge >= 0.3 is 0 Å². The van der Waals surface area contributed by atoms with Crippen molar-refractivity contribution in [3.8, 4) is 0 Å². The fourth-order valence-electron chi connectivity index (χ4n) is 2.45. The molecule has 98 valence electrons. The molecule has 0 radical (unpaired) electrons. The number of amides is 1. The lowest BCUT2D eigenvalue weighted by atomic mass is 9.94. The van der Waals surface area contributed by atoms with E-state index in [1.807, 2.05) is 12.1 Å². The van der Waals surface area contributed by atoms with E-state index in [1.54, 1.807) is 0 Å². The van der Waals surface area contributed by atoms with Crippen LogP contribution in [0, 0.1) is 12.8 Å². The SMILES string of the molecule is Cc1cccc(CC(=O)NC2CNCCC2C)c1. The number of aryl methyl sites for hydroxylation is 1. The highest BCUT2D eigenvalue weighted by Crippen LogP contribution is 2.11. The van der Waals surface area contributed by atoms with E-state index in [-0.39, 0.29) is 11.9 Å². The summed E-state index contributed by atoms with van der Waals surface area (Å²) in [6, 6.07) is 8.41. The van der Waals surface area contributed by atoms with Gasteiger partial charge in [-0.1, -0.05) is 36.8 Å². The Hall–Kier alpha value is -1.35. The van der Waals surface area contributed by atoms with Gasteiger partial charge in [0.1, 0.15) is 0 Å². The molecule has 2 N–H and O–H groups in total. The topological polar surface area (TPSA) is 41.1 Å². The van der Waals surface area contributed by atoms with E-state index in [0.29, 0.717) is 12.3 Å². The van der Waals surface area contributed by atoms with Crippen molar-refractivity contribution in [1.82, 2.24) is 10.6 Å². The zero-order valence-corrected chi connectivity index (χ0v) is 11.2. The van der Waals surface area contributed by atoms with Crippen molar-refractivity contribution in [3.05, 3.63) is 35.4 Å². The second-order valence-electron chi connectivity index (χ2n) is 5.31. The van der Waals surface area contributed by atoms with Crippen molar-refractivity contribution < 1.29 is 4.79 Å². The molecule has 3 nitrogen and oxygen atoms in total. The molecule has 18 heavy (non-hydrogen) atoms. The number of piperidine rings is 1. The lowest BCUT2D eigenvalue weighted by Gasteiger charge is -2.30. The standard InChI is InChI=1S/C15H22N2O/c1-11-4-3-5-13(8-11)9-15(18)17-14-10-16-7-6-12(14)2/h3-5,8,12,14,16H,6-7,9-10H2,1-2H3,(H,17,18). The summed E-state index contributed by atoms with van der Waals surface area (Å²) < 4.78 is 0. The molecule has 0 bridgehead atoms. The molecule has 1 amide bonds. The van der Waals surface area contributed by atoms with Crippen molar-refractivity contribution in [3.63, 3.8) is 0 Å². The lowest BCUT2D eigenvalue weighted by molar-refractivity contribution is -0.121. The Morgan fingerprint density at radius 2 is 2.33 bits per heavy atom. The van der Waals surface area contributed by atoms with Crippen LogP contribution >= 0.6 is 0 Å². The third kappa shape index (κ3) is 3.57. The van der Waals surface area contributed by atoms with Crippen molar-refractivity contribution in [2.75, 3.05) is 13.1 Å². The molecule has 2 atom stereocenters. The summed E-state index contributed by atoms with van der Waals surface area (Å²) in [5.74, 6) is 0.689. The van der Waals surface area contributed by atoms with Crippen LogP contribution in [0.2, 0.25) is 0 Å². The summed E-state index contributed by atoms with van der Waals surface area (Å²) >= 11 is 0. The van der Waals surface area contributed by atoms with Gasteiger partial charge in [0, 0.05) is 12.6 Å². The van der Waals surface area contributed by atoms with Gasteiger partial charge in [-0.2, -0.15) is 0 Å². The van der Waals surface area contributed by atoms with Crippen molar-refractivity contribution in [1.29, 1.82) is 0 Å². The molecule has 0 aliphatic carbocycles. The quantitative estimate of drug-likeness (QED) is 0.851. The molecule has 1 aromatic carbocycles. The Kier molecular flexibility index (Phi) is 4.37. The highest BCUT2D eigenvalue weighted by atomic mass is 16.1. The van der Waals surface area contributed by atoms with E-state index in [1.165, 1.54) is 5.56 Å². The first-order valence-corrected chi connectivity index (χ1v) is 6.71. The van der Waals surface area contributed by atoms with Crippen LogP contribution in [0.25, 0.3) is 0 Å². The normalized spacial score (nSPS) is 23.7. The zero-order chi connectivity index (χ0) is 13.0. The summed E-state index contributed by atoms with van der Waals surface area (Å²) in [6.45, 7) is 6.21. The third-order valence-corrected chi connectivity index (χ3v) is 3.62. The number of hydrogen-bond acceptors (Lipinski definition) is 2. The van der Waals surface area contributed by atoms with Crippen molar-refractivity contribution in [2.24, 2.45) is 5.92 Å². The van der Waals surface area contributed by atoms with Gasteiger partial charge < -0.3 is 10.6 Å². The molecule has 0 saturated carbocycles. The molecule has 1 aliphatic heterocycles. The molecule has 1 aliphatic rings. The van der Waals surface area contributed by atoms with Crippen LogP contribution in [-0.2, 0) is 11.2 Å². The maximum atomic E-state index is 12.0. The van der Waals surface area contributed by atoms with Crippen LogP contribution in [0.15, 0.2) is 24.3 Å². The maximum absolute atomic E-state index is 12.0. The minimum Gasteiger partial charge on any atom is -0.352 e. The Bertz CT molecular complexity index is 417. The Labute approximate surface area is 109 Å². The van der Waals surface area contributed by atoms with Crippen molar-refractivity contribution >= 4 is 5.91 Å². The summed E-state index contributed by atoms with van der Waals surface area (Å²) in [5, 5.41) is 6.46. The summed E-state index contributed by atoms with van der Waals surface area (Å²) in [6.07, 6.45) is 1.61. The van der Waals surface area contributed by atoms with E-state index in [9.17, 15) is 4.79 Å². The number of nitrogens with one attached hydrogen (secondary N) is 2. The smallest absolute Gasteiger partial charge is 0.224 e. The predicted octanol–water partition coefficient (Wildman–Crippen LogP) is 1.65. The molecule has 0 spiro atoms. The van der Waals surface area contributed by atoms with Gasteiger partial charge in [0.15, 0.2) is 0 Å². The van der Waals surface area contributed by atoms with Gasteiger partial charge in [0.05, 0.1) is 6.42 Å². The molecular weight excluding hydrogens is 224 g/mol. The van der Waals surface area contributed by atoms with E-state index in [4.69, 9.17) is 0 Å². The molecule has 1 heterocycles. The number of carbonyl (C=O) groups excluding carboxylic acids is 1. The predicted molar refractivity (Wildman–Crippen MR) is 73.5 cm³/mol. The van der Waals surface area contributed by atoms with Crippen LogP contribution in [0.4, 0.5) is 0 Å². The number of carbonyl (C=O) groups is 1. The van der Waals surface area contributed by atoms with Gasteiger partial charge in [-0.25, -0.2) is 0 Å². The van der Waals surface area contributed by atoms with Crippen LogP contribution in [-0.4, -0.2) is 25.0 Å². The van der Waals surface area contributed by atoms with Gasteiger partial charge in [0.2, 0.25) is 5.91 Å². The molecule has 1 saturated heterocycles. The number of hydrogen-bond donors (Lipinski definition) is 2. The van der Waals surface area contributed by atoms with Crippen LogP contribution in [0.3, 0.4) is 0 Å². The summed E-state index contributed by atoms with van der Waals surface area (Å²) in [5.41, 5.74) is 2.29. The molecule has 0 aromatic heterocycles. The molecule has 1 fully saturated rings. The largest absolute Gasteiger partial charge is 0.352 e. The fraction of sp³-hybridized carbons (Fsp3) is 0.533. The number of rotatable bonds is 3. The fourth-order valence-corrected chi connectivity index (χ4v) is 2.45. The first-order valence-electron chi connectivity index (χ1n) is 6.71. The molecule has 1 aromatic rings.